The van der Waals surface area contributed by atoms with Crippen LogP contribution >= 0.6 is 0 Å². The van der Waals surface area contributed by atoms with Crippen molar-refractivity contribution in [2.75, 3.05) is 17.2 Å². The average molecular weight is 499 g/mol. The molecular formula is C26H19F2N7O2. The molecule has 0 saturated heterocycles. The van der Waals surface area contributed by atoms with Crippen LogP contribution in [0.25, 0.3) is 17.7 Å². The third-order valence-electron chi connectivity index (χ3n) is 5.39. The molecule has 3 heterocycles. The van der Waals surface area contributed by atoms with Gasteiger partial charge in [0, 0.05) is 35.7 Å². The Hall–Kier alpha value is -5.19. The number of aromatic nitrogens is 4. The second-order valence-electron chi connectivity index (χ2n) is 7.96. The van der Waals surface area contributed by atoms with E-state index in [-0.39, 0.29) is 29.8 Å². The van der Waals surface area contributed by atoms with Crippen LogP contribution in [0.4, 0.5) is 26.0 Å². The molecule has 0 spiro atoms. The van der Waals surface area contributed by atoms with Gasteiger partial charge >= 0.3 is 0 Å². The Labute approximate surface area is 209 Å². The first-order valence-corrected chi connectivity index (χ1v) is 11.1. The highest BCUT2D eigenvalue weighted by Gasteiger charge is 2.24. The van der Waals surface area contributed by atoms with Crippen LogP contribution in [0.1, 0.15) is 27.4 Å². The van der Waals surface area contributed by atoms with Crippen molar-refractivity contribution in [3.05, 3.63) is 102 Å². The van der Waals surface area contributed by atoms with Crippen LogP contribution in [0.15, 0.2) is 67.3 Å². The van der Waals surface area contributed by atoms with Gasteiger partial charge in [-0.15, -0.1) is 0 Å². The van der Waals surface area contributed by atoms with Gasteiger partial charge in [0.05, 0.1) is 23.8 Å². The number of halogens is 2. The highest BCUT2D eigenvalue weighted by atomic mass is 19.2. The molecule has 0 unspecified atom stereocenters. The van der Waals surface area contributed by atoms with Crippen molar-refractivity contribution >= 4 is 46.7 Å². The number of nitrogens with one attached hydrogen (secondary N) is 4. The van der Waals surface area contributed by atoms with Crippen LogP contribution in [-0.4, -0.2) is 38.3 Å². The van der Waals surface area contributed by atoms with Crippen LogP contribution in [0.3, 0.4) is 0 Å². The Balaban J connectivity index is 1.19. The largest absolute Gasteiger partial charge is 0.346 e. The van der Waals surface area contributed by atoms with E-state index in [1.54, 1.807) is 24.7 Å². The highest BCUT2D eigenvalue weighted by molar-refractivity contribution is 6.34. The Kier molecular flexibility index (Phi) is 6.49. The summed E-state index contributed by atoms with van der Waals surface area (Å²) in [7, 11) is 0. The maximum absolute atomic E-state index is 13.4. The van der Waals surface area contributed by atoms with Gasteiger partial charge < -0.3 is 20.9 Å². The molecule has 0 atom stereocenters. The van der Waals surface area contributed by atoms with Crippen LogP contribution in [0.2, 0.25) is 0 Å². The first kappa shape index (κ1) is 23.5. The minimum Gasteiger partial charge on any atom is -0.346 e. The normalized spacial score (nSPS) is 13.6. The topological polar surface area (TPSA) is 125 Å². The molecule has 2 aromatic carbocycles. The number of fused-ring (bicyclic) bond motifs is 1. The summed E-state index contributed by atoms with van der Waals surface area (Å²) in [6.07, 6.45) is 9.86. The zero-order valence-electron chi connectivity index (χ0n) is 19.1. The number of benzene rings is 2. The molecule has 1 aliphatic rings. The van der Waals surface area contributed by atoms with Gasteiger partial charge in [-0.1, -0.05) is 24.3 Å². The monoisotopic (exact) mass is 499 g/mol. The summed E-state index contributed by atoms with van der Waals surface area (Å²) in [6, 6.07) is 10.4. The standard InChI is InChI=1S/C26H19F2N7O2/c27-20-6-4-16(12-21(20)28)33-23-7-9-30-24(35-23)26(37)31-8-1-2-15-3-5-18-19(11-17-13-29-14-32-17)25(36)34-22(18)10-15/h1-7,9-14H,8H2,(H,29,32)(H,31,37)(H,34,36)(H,30,33,35)/b2-1+,19-11-. The van der Waals surface area contributed by atoms with E-state index in [1.807, 2.05) is 24.3 Å². The molecule has 2 amide bonds. The molecule has 0 bridgehead atoms. The Bertz CT molecular complexity index is 1550. The Morgan fingerprint density at radius 3 is 2.78 bits per heavy atom. The van der Waals surface area contributed by atoms with E-state index >= 15 is 0 Å². The average Bonchev–Trinajstić information content (AvgIpc) is 3.52. The second-order valence-corrected chi connectivity index (χ2v) is 7.96. The van der Waals surface area contributed by atoms with Gasteiger partial charge in [0.1, 0.15) is 5.82 Å². The number of carbonyl (C=O) groups is 2. The SMILES string of the molecule is O=C1Nc2cc(/C=C/CNC(=O)c3nccc(Nc4ccc(F)c(F)c4)n3)ccc2/C1=C/c1cnc[nH]1. The Morgan fingerprint density at radius 2 is 1.97 bits per heavy atom. The number of aromatic amines is 1. The molecule has 11 heteroatoms. The van der Waals surface area contributed by atoms with Gasteiger partial charge in [0.15, 0.2) is 11.6 Å². The van der Waals surface area contributed by atoms with Crippen molar-refractivity contribution in [3.8, 4) is 0 Å². The molecule has 4 aromatic rings. The number of carbonyl (C=O) groups excluding carboxylic acids is 2. The molecular weight excluding hydrogens is 480 g/mol. The molecule has 1 aliphatic heterocycles. The first-order valence-electron chi connectivity index (χ1n) is 11.1. The minimum atomic E-state index is -0.999. The van der Waals surface area contributed by atoms with Gasteiger partial charge in [-0.3, -0.25) is 9.59 Å². The van der Waals surface area contributed by atoms with Crippen LogP contribution in [0.5, 0.6) is 0 Å². The summed E-state index contributed by atoms with van der Waals surface area (Å²) in [5.74, 6) is -2.49. The zero-order valence-corrected chi connectivity index (χ0v) is 19.1. The number of hydrogen-bond donors (Lipinski definition) is 4. The highest BCUT2D eigenvalue weighted by Crippen LogP contribution is 2.33. The lowest BCUT2D eigenvalue weighted by molar-refractivity contribution is -0.110. The predicted octanol–water partition coefficient (Wildman–Crippen LogP) is 4.16. The van der Waals surface area contributed by atoms with E-state index in [0.717, 1.165) is 29.0 Å². The fourth-order valence-electron chi connectivity index (χ4n) is 3.65. The molecule has 2 aromatic heterocycles. The van der Waals surface area contributed by atoms with Crippen molar-refractivity contribution in [3.63, 3.8) is 0 Å². The van der Waals surface area contributed by atoms with Crippen molar-refractivity contribution in [1.29, 1.82) is 0 Å². The summed E-state index contributed by atoms with van der Waals surface area (Å²) >= 11 is 0. The molecule has 0 saturated carbocycles. The second kappa shape index (κ2) is 10.2. The number of hydrogen-bond acceptors (Lipinski definition) is 6. The molecule has 4 N–H and O–H groups in total. The fourth-order valence-corrected chi connectivity index (χ4v) is 3.65. The number of nitrogens with zero attached hydrogens (tertiary/aromatic N) is 3. The molecule has 0 fully saturated rings. The number of imidazole rings is 1. The summed E-state index contributed by atoms with van der Waals surface area (Å²) in [5, 5.41) is 8.35. The van der Waals surface area contributed by atoms with Gasteiger partial charge in [0.25, 0.3) is 11.8 Å². The van der Waals surface area contributed by atoms with Gasteiger partial charge in [-0.05, 0) is 35.9 Å². The van der Waals surface area contributed by atoms with Crippen molar-refractivity contribution in [2.45, 2.75) is 0 Å². The third kappa shape index (κ3) is 5.40. The molecule has 0 aliphatic carbocycles. The lowest BCUT2D eigenvalue weighted by atomic mass is 10.0. The smallest absolute Gasteiger partial charge is 0.289 e. The lowest BCUT2D eigenvalue weighted by Gasteiger charge is -2.07. The molecule has 0 radical (unpaired) electrons. The Morgan fingerprint density at radius 1 is 1.08 bits per heavy atom. The number of rotatable bonds is 7. The predicted molar refractivity (Wildman–Crippen MR) is 135 cm³/mol. The lowest BCUT2D eigenvalue weighted by Crippen LogP contribution is -2.25. The van der Waals surface area contributed by atoms with Gasteiger partial charge in [-0.2, -0.15) is 0 Å². The molecule has 5 rings (SSSR count). The van der Waals surface area contributed by atoms with E-state index in [9.17, 15) is 18.4 Å². The van der Waals surface area contributed by atoms with Gasteiger partial charge in [0.2, 0.25) is 5.82 Å². The van der Waals surface area contributed by atoms with Crippen LogP contribution < -0.4 is 16.0 Å². The zero-order chi connectivity index (χ0) is 25.8. The molecule has 184 valence electrons. The van der Waals surface area contributed by atoms with E-state index in [1.165, 1.54) is 18.3 Å². The number of H-pyrrole nitrogens is 1. The van der Waals surface area contributed by atoms with Crippen LogP contribution in [-0.2, 0) is 4.79 Å². The minimum absolute atomic E-state index is 0.0854. The van der Waals surface area contributed by atoms with Gasteiger partial charge in [-0.25, -0.2) is 23.7 Å². The van der Waals surface area contributed by atoms with Crippen molar-refractivity contribution in [1.82, 2.24) is 25.3 Å². The van der Waals surface area contributed by atoms with Crippen molar-refractivity contribution in [2.24, 2.45) is 0 Å². The maximum Gasteiger partial charge on any atom is 0.289 e. The fraction of sp³-hybridized carbons (Fsp3) is 0.0385. The van der Waals surface area contributed by atoms with E-state index in [0.29, 0.717) is 11.3 Å². The maximum atomic E-state index is 13.4. The van der Waals surface area contributed by atoms with E-state index in [2.05, 4.69) is 35.9 Å². The van der Waals surface area contributed by atoms with Crippen LogP contribution in [0, 0.1) is 11.6 Å². The number of amides is 2. The summed E-state index contributed by atoms with van der Waals surface area (Å²) in [5.41, 5.74) is 3.88. The summed E-state index contributed by atoms with van der Waals surface area (Å²) in [4.78, 5) is 39.8. The first-order chi connectivity index (χ1) is 18.0. The molecule has 9 nitrogen and oxygen atoms in total. The molecule has 37 heavy (non-hydrogen) atoms. The number of anilines is 3. The van der Waals surface area contributed by atoms with E-state index in [4.69, 9.17) is 0 Å². The van der Waals surface area contributed by atoms with E-state index < -0.39 is 17.5 Å². The summed E-state index contributed by atoms with van der Waals surface area (Å²) < 4.78 is 26.5. The van der Waals surface area contributed by atoms with Crippen molar-refractivity contribution < 1.29 is 18.4 Å². The summed E-state index contributed by atoms with van der Waals surface area (Å²) in [6.45, 7) is 0.206. The third-order valence-corrected chi connectivity index (χ3v) is 5.39. The quantitative estimate of drug-likeness (QED) is 0.283.